The van der Waals surface area contributed by atoms with E-state index in [0.717, 1.165) is 43.6 Å². The van der Waals surface area contributed by atoms with Crippen LogP contribution in [0.15, 0.2) is 54.7 Å². The molecule has 0 aliphatic carbocycles. The normalized spacial score (nSPS) is 14.2. The highest BCUT2D eigenvalue weighted by Gasteiger charge is 2.19. The number of carbonyl (C=O) groups is 1. The molecule has 8 heteroatoms. The van der Waals surface area contributed by atoms with E-state index in [0.29, 0.717) is 34.7 Å². The molecule has 166 valence electrons. The fraction of sp³-hybridized carbons (Fsp3) is 0.292. The molecule has 1 saturated heterocycles. The van der Waals surface area contributed by atoms with Gasteiger partial charge in [-0.05, 0) is 61.7 Å². The quantitative estimate of drug-likeness (QED) is 0.435. The summed E-state index contributed by atoms with van der Waals surface area (Å²) in [6.45, 7) is 3.32. The molecule has 5 N–H and O–H groups in total. The van der Waals surface area contributed by atoms with E-state index in [9.17, 15) is 4.79 Å². The standard InChI is InChI=1S/C24H27ClN6O/c25-19-5-7-20(8-6-19)30-24(32)23-22(18-3-1-16(13-26)2-4-18)29-15-21(31-23)28-14-17-9-11-27-12-10-17/h1-8,15,17,27H,9-14,26H2,(H,28,31)(H,30,32). The highest BCUT2D eigenvalue weighted by atomic mass is 35.5. The van der Waals surface area contributed by atoms with Gasteiger partial charge in [-0.25, -0.2) is 9.97 Å². The van der Waals surface area contributed by atoms with Gasteiger partial charge in [-0.15, -0.1) is 0 Å². The van der Waals surface area contributed by atoms with Crippen LogP contribution in [0.4, 0.5) is 11.5 Å². The molecule has 32 heavy (non-hydrogen) atoms. The van der Waals surface area contributed by atoms with Crippen LogP contribution in [0, 0.1) is 5.92 Å². The lowest BCUT2D eigenvalue weighted by atomic mass is 9.98. The molecular formula is C24H27ClN6O. The molecule has 4 rings (SSSR count). The van der Waals surface area contributed by atoms with Crippen molar-refractivity contribution in [2.75, 3.05) is 30.3 Å². The Morgan fingerprint density at radius 2 is 1.81 bits per heavy atom. The van der Waals surface area contributed by atoms with Crippen LogP contribution in [0.2, 0.25) is 5.02 Å². The van der Waals surface area contributed by atoms with Gasteiger partial charge in [0.1, 0.15) is 11.5 Å². The predicted molar refractivity (Wildman–Crippen MR) is 129 cm³/mol. The van der Waals surface area contributed by atoms with Crippen LogP contribution in [-0.4, -0.2) is 35.5 Å². The summed E-state index contributed by atoms with van der Waals surface area (Å²) in [7, 11) is 0. The summed E-state index contributed by atoms with van der Waals surface area (Å²) >= 11 is 5.96. The van der Waals surface area contributed by atoms with E-state index < -0.39 is 0 Å². The van der Waals surface area contributed by atoms with Crippen molar-refractivity contribution >= 4 is 29.0 Å². The van der Waals surface area contributed by atoms with Crippen molar-refractivity contribution in [1.82, 2.24) is 15.3 Å². The second kappa shape index (κ2) is 10.5. The molecule has 0 saturated carbocycles. The zero-order chi connectivity index (χ0) is 22.3. The smallest absolute Gasteiger partial charge is 0.276 e. The number of carbonyl (C=O) groups excluding carboxylic acids is 1. The summed E-state index contributed by atoms with van der Waals surface area (Å²) in [5.74, 6) is 0.836. The molecule has 7 nitrogen and oxygen atoms in total. The van der Waals surface area contributed by atoms with E-state index in [1.165, 1.54) is 0 Å². The molecule has 0 bridgehead atoms. The van der Waals surface area contributed by atoms with Crippen LogP contribution in [0.1, 0.15) is 28.9 Å². The first kappa shape index (κ1) is 22.2. The molecule has 0 unspecified atom stereocenters. The monoisotopic (exact) mass is 450 g/mol. The van der Waals surface area contributed by atoms with Gasteiger partial charge in [-0.1, -0.05) is 35.9 Å². The predicted octanol–water partition coefficient (Wildman–Crippen LogP) is 3.92. The zero-order valence-corrected chi connectivity index (χ0v) is 18.5. The second-order valence-corrected chi connectivity index (χ2v) is 8.33. The lowest BCUT2D eigenvalue weighted by molar-refractivity contribution is 0.102. The Morgan fingerprint density at radius 1 is 1.09 bits per heavy atom. The minimum absolute atomic E-state index is 0.260. The highest BCUT2D eigenvalue weighted by molar-refractivity contribution is 6.30. The number of hydrogen-bond acceptors (Lipinski definition) is 6. The number of aromatic nitrogens is 2. The Bertz CT molecular complexity index is 1050. The van der Waals surface area contributed by atoms with Crippen molar-refractivity contribution in [3.63, 3.8) is 0 Å². The van der Waals surface area contributed by atoms with Gasteiger partial charge in [0.2, 0.25) is 0 Å². The van der Waals surface area contributed by atoms with Crippen LogP contribution in [-0.2, 0) is 6.54 Å². The lowest BCUT2D eigenvalue weighted by Crippen LogP contribution is -2.31. The Kier molecular flexibility index (Phi) is 7.32. The van der Waals surface area contributed by atoms with Crippen molar-refractivity contribution in [2.45, 2.75) is 19.4 Å². The lowest BCUT2D eigenvalue weighted by Gasteiger charge is -2.23. The number of amides is 1. The topological polar surface area (TPSA) is 105 Å². The van der Waals surface area contributed by atoms with Gasteiger partial charge in [0.25, 0.3) is 5.91 Å². The maximum Gasteiger partial charge on any atom is 0.276 e. The third kappa shape index (κ3) is 5.62. The minimum atomic E-state index is -0.330. The number of halogens is 1. The van der Waals surface area contributed by atoms with E-state index in [1.54, 1.807) is 30.5 Å². The number of nitrogens with zero attached hydrogens (tertiary/aromatic N) is 2. The Morgan fingerprint density at radius 3 is 2.50 bits per heavy atom. The fourth-order valence-electron chi connectivity index (χ4n) is 3.70. The van der Waals surface area contributed by atoms with Gasteiger partial charge < -0.3 is 21.7 Å². The van der Waals surface area contributed by atoms with Crippen LogP contribution in [0.5, 0.6) is 0 Å². The molecule has 1 aliphatic rings. The van der Waals surface area contributed by atoms with Gasteiger partial charge in [0, 0.05) is 29.4 Å². The summed E-state index contributed by atoms with van der Waals surface area (Å²) in [6.07, 6.45) is 3.93. The van der Waals surface area contributed by atoms with Gasteiger partial charge in [0.05, 0.1) is 6.20 Å². The molecule has 3 aromatic rings. The number of nitrogens with two attached hydrogens (primary N) is 1. The van der Waals surface area contributed by atoms with Crippen LogP contribution in [0.25, 0.3) is 11.3 Å². The van der Waals surface area contributed by atoms with Gasteiger partial charge in [0.15, 0.2) is 5.69 Å². The summed E-state index contributed by atoms with van der Waals surface area (Å²) in [6, 6.07) is 14.6. The van der Waals surface area contributed by atoms with E-state index in [-0.39, 0.29) is 11.6 Å². The van der Waals surface area contributed by atoms with Crippen molar-refractivity contribution < 1.29 is 4.79 Å². The molecule has 2 heterocycles. The fourth-order valence-corrected chi connectivity index (χ4v) is 3.83. The first-order valence-electron chi connectivity index (χ1n) is 10.8. The Balaban J connectivity index is 1.60. The van der Waals surface area contributed by atoms with E-state index in [4.69, 9.17) is 17.3 Å². The number of hydrogen-bond donors (Lipinski definition) is 4. The summed E-state index contributed by atoms with van der Waals surface area (Å²) < 4.78 is 0. The summed E-state index contributed by atoms with van der Waals surface area (Å²) in [4.78, 5) is 22.4. The largest absolute Gasteiger partial charge is 0.368 e. The SMILES string of the molecule is NCc1ccc(-c2ncc(NCC3CCNCC3)nc2C(=O)Nc2ccc(Cl)cc2)cc1. The van der Waals surface area contributed by atoms with Gasteiger partial charge >= 0.3 is 0 Å². The highest BCUT2D eigenvalue weighted by Crippen LogP contribution is 2.24. The number of benzene rings is 2. The molecule has 1 aromatic heterocycles. The third-order valence-corrected chi connectivity index (χ3v) is 5.84. The van der Waals surface area contributed by atoms with Crippen LogP contribution in [0.3, 0.4) is 0 Å². The first-order valence-corrected chi connectivity index (χ1v) is 11.2. The summed E-state index contributed by atoms with van der Waals surface area (Å²) in [5, 5.41) is 10.2. The third-order valence-electron chi connectivity index (χ3n) is 5.58. The zero-order valence-electron chi connectivity index (χ0n) is 17.8. The van der Waals surface area contributed by atoms with Crippen molar-refractivity contribution in [3.8, 4) is 11.3 Å². The van der Waals surface area contributed by atoms with E-state index in [1.807, 2.05) is 24.3 Å². The first-order chi connectivity index (χ1) is 15.6. The molecule has 1 aliphatic heterocycles. The van der Waals surface area contributed by atoms with Crippen LogP contribution < -0.4 is 21.7 Å². The van der Waals surface area contributed by atoms with Crippen molar-refractivity contribution in [3.05, 3.63) is 71.0 Å². The van der Waals surface area contributed by atoms with Gasteiger partial charge in [-0.3, -0.25) is 4.79 Å². The number of anilines is 2. The minimum Gasteiger partial charge on any atom is -0.368 e. The van der Waals surface area contributed by atoms with Crippen molar-refractivity contribution in [1.29, 1.82) is 0 Å². The molecule has 1 fully saturated rings. The number of nitrogens with one attached hydrogen (secondary N) is 3. The second-order valence-electron chi connectivity index (χ2n) is 7.89. The Hall–Kier alpha value is -3.00. The average Bonchev–Trinajstić information content (AvgIpc) is 2.85. The van der Waals surface area contributed by atoms with Crippen LogP contribution >= 0.6 is 11.6 Å². The van der Waals surface area contributed by atoms with Crippen molar-refractivity contribution in [2.24, 2.45) is 11.7 Å². The molecule has 0 atom stereocenters. The van der Waals surface area contributed by atoms with Gasteiger partial charge in [-0.2, -0.15) is 0 Å². The average molecular weight is 451 g/mol. The number of rotatable bonds is 7. The molecular weight excluding hydrogens is 424 g/mol. The molecule has 0 spiro atoms. The van der Waals surface area contributed by atoms with E-state index in [2.05, 4.69) is 25.9 Å². The maximum atomic E-state index is 13.2. The molecule has 0 radical (unpaired) electrons. The molecule has 1 amide bonds. The number of piperidine rings is 1. The van der Waals surface area contributed by atoms with E-state index >= 15 is 0 Å². The molecule has 2 aromatic carbocycles. The maximum absolute atomic E-state index is 13.2. The summed E-state index contributed by atoms with van der Waals surface area (Å²) in [5.41, 5.74) is 8.95. The Labute approximate surface area is 192 Å².